The van der Waals surface area contributed by atoms with Crippen LogP contribution in [0.1, 0.15) is 18.4 Å². The summed E-state index contributed by atoms with van der Waals surface area (Å²) in [5, 5.41) is 2.73. The molecule has 0 saturated heterocycles. The molecule has 19 heavy (non-hydrogen) atoms. The minimum absolute atomic E-state index is 0.0868. The fourth-order valence-corrected chi connectivity index (χ4v) is 1.66. The van der Waals surface area contributed by atoms with Crippen molar-refractivity contribution in [1.29, 1.82) is 0 Å². The zero-order chi connectivity index (χ0) is 13.7. The summed E-state index contributed by atoms with van der Waals surface area (Å²) in [5.41, 5.74) is 0.913. The molecule has 6 nitrogen and oxygen atoms in total. The second kappa shape index (κ2) is 6.08. The standard InChI is InChI=1S/C13H15NO5/c1-17-13(16)5-4-12(15)14-7-9-2-3-10-11(6-9)19-8-18-10/h2-3,6H,4-5,7-8H2,1H3,(H,14,15). The van der Waals surface area contributed by atoms with Crippen LogP contribution >= 0.6 is 0 Å². The molecule has 0 atom stereocenters. The number of esters is 1. The van der Waals surface area contributed by atoms with Gasteiger partial charge in [0.15, 0.2) is 11.5 Å². The predicted octanol–water partition coefficient (Wildman–Crippen LogP) is 0.985. The summed E-state index contributed by atoms with van der Waals surface area (Å²) < 4.78 is 14.9. The van der Waals surface area contributed by atoms with Crippen LogP contribution in [-0.4, -0.2) is 25.8 Å². The highest BCUT2D eigenvalue weighted by atomic mass is 16.7. The molecule has 1 aromatic rings. The molecule has 0 bridgehead atoms. The average Bonchev–Trinajstić information content (AvgIpc) is 2.89. The number of rotatable bonds is 5. The molecule has 0 aliphatic carbocycles. The molecule has 0 fully saturated rings. The number of fused-ring (bicyclic) bond motifs is 1. The molecular formula is C13H15NO5. The lowest BCUT2D eigenvalue weighted by Crippen LogP contribution is -2.23. The Kier molecular flexibility index (Phi) is 4.22. The first-order valence-corrected chi connectivity index (χ1v) is 5.91. The van der Waals surface area contributed by atoms with Crippen molar-refractivity contribution in [1.82, 2.24) is 5.32 Å². The van der Waals surface area contributed by atoms with Gasteiger partial charge in [0.2, 0.25) is 12.7 Å². The monoisotopic (exact) mass is 265 g/mol. The van der Waals surface area contributed by atoms with Gasteiger partial charge >= 0.3 is 5.97 Å². The summed E-state index contributed by atoms with van der Waals surface area (Å²) in [4.78, 5) is 22.4. The second-order valence-corrected chi connectivity index (χ2v) is 4.04. The van der Waals surface area contributed by atoms with Gasteiger partial charge in [-0.1, -0.05) is 6.07 Å². The third kappa shape index (κ3) is 3.61. The van der Waals surface area contributed by atoms with E-state index in [1.165, 1.54) is 7.11 Å². The highest BCUT2D eigenvalue weighted by molar-refractivity contribution is 5.81. The lowest BCUT2D eigenvalue weighted by molar-refractivity contribution is -0.142. The van der Waals surface area contributed by atoms with E-state index < -0.39 is 5.97 Å². The highest BCUT2D eigenvalue weighted by Crippen LogP contribution is 2.32. The topological polar surface area (TPSA) is 73.9 Å². The first-order chi connectivity index (χ1) is 9.19. The molecule has 1 aliphatic heterocycles. The Bertz CT molecular complexity index is 486. The zero-order valence-electron chi connectivity index (χ0n) is 10.6. The second-order valence-electron chi connectivity index (χ2n) is 4.04. The molecule has 0 spiro atoms. The molecule has 1 aliphatic rings. The summed E-state index contributed by atoms with van der Waals surface area (Å²) in [6, 6.07) is 5.48. The Hall–Kier alpha value is -2.24. The van der Waals surface area contributed by atoms with Crippen molar-refractivity contribution < 1.29 is 23.8 Å². The molecule has 0 radical (unpaired) electrons. The van der Waals surface area contributed by atoms with Gasteiger partial charge in [-0.25, -0.2) is 0 Å². The Morgan fingerprint density at radius 1 is 1.26 bits per heavy atom. The molecule has 1 heterocycles. The number of ether oxygens (including phenoxy) is 3. The van der Waals surface area contributed by atoms with Crippen molar-refractivity contribution in [2.75, 3.05) is 13.9 Å². The Morgan fingerprint density at radius 2 is 2.05 bits per heavy atom. The van der Waals surface area contributed by atoms with Gasteiger partial charge in [0.05, 0.1) is 13.5 Å². The van der Waals surface area contributed by atoms with E-state index in [2.05, 4.69) is 10.1 Å². The fraction of sp³-hybridized carbons (Fsp3) is 0.385. The maximum atomic E-state index is 11.5. The van der Waals surface area contributed by atoms with E-state index in [1.54, 1.807) is 6.07 Å². The highest BCUT2D eigenvalue weighted by Gasteiger charge is 2.13. The minimum Gasteiger partial charge on any atom is -0.469 e. The SMILES string of the molecule is COC(=O)CCC(=O)NCc1ccc2c(c1)OCO2. The molecule has 2 rings (SSSR count). The molecule has 0 unspecified atom stereocenters. The normalized spacial score (nSPS) is 12.1. The zero-order valence-corrected chi connectivity index (χ0v) is 10.6. The molecule has 6 heteroatoms. The number of carbonyl (C=O) groups is 2. The summed E-state index contributed by atoms with van der Waals surface area (Å²) in [6.45, 7) is 0.612. The summed E-state index contributed by atoms with van der Waals surface area (Å²) in [6.07, 6.45) is 0.209. The van der Waals surface area contributed by atoms with Crippen LogP contribution in [0.25, 0.3) is 0 Å². The Labute approximate surface area is 110 Å². The Balaban J connectivity index is 1.79. The number of amides is 1. The molecule has 1 N–H and O–H groups in total. The van der Waals surface area contributed by atoms with E-state index in [1.807, 2.05) is 12.1 Å². The third-order valence-electron chi connectivity index (χ3n) is 2.71. The number of hydrogen-bond donors (Lipinski definition) is 1. The molecular weight excluding hydrogens is 250 g/mol. The van der Waals surface area contributed by atoms with Gasteiger partial charge in [-0.05, 0) is 17.7 Å². The summed E-state index contributed by atoms with van der Waals surface area (Å²) in [7, 11) is 1.30. The van der Waals surface area contributed by atoms with E-state index in [0.717, 1.165) is 5.56 Å². The van der Waals surface area contributed by atoms with Crippen LogP contribution in [0.2, 0.25) is 0 Å². The number of hydrogen-bond acceptors (Lipinski definition) is 5. The van der Waals surface area contributed by atoms with Crippen molar-refractivity contribution in [2.24, 2.45) is 0 Å². The molecule has 0 aromatic heterocycles. The maximum Gasteiger partial charge on any atom is 0.306 e. The predicted molar refractivity (Wildman–Crippen MR) is 65.7 cm³/mol. The first-order valence-electron chi connectivity index (χ1n) is 5.91. The summed E-state index contributed by atoms with van der Waals surface area (Å²) in [5.74, 6) is 0.809. The maximum absolute atomic E-state index is 11.5. The first kappa shape index (κ1) is 13.2. The van der Waals surface area contributed by atoms with Crippen LogP contribution < -0.4 is 14.8 Å². The van der Waals surface area contributed by atoms with Crippen LogP contribution in [0.4, 0.5) is 0 Å². The van der Waals surface area contributed by atoms with Gasteiger partial charge in [-0.15, -0.1) is 0 Å². The van der Waals surface area contributed by atoms with Crippen LogP contribution in [0.5, 0.6) is 11.5 Å². The number of carbonyl (C=O) groups excluding carboxylic acids is 2. The van der Waals surface area contributed by atoms with Gasteiger partial charge in [0.1, 0.15) is 0 Å². The number of benzene rings is 1. The number of methoxy groups -OCH3 is 1. The van der Waals surface area contributed by atoms with Crippen molar-refractivity contribution >= 4 is 11.9 Å². The third-order valence-corrected chi connectivity index (χ3v) is 2.71. The smallest absolute Gasteiger partial charge is 0.306 e. The largest absolute Gasteiger partial charge is 0.469 e. The van der Waals surface area contributed by atoms with Crippen molar-refractivity contribution in [3.8, 4) is 11.5 Å². The fourth-order valence-electron chi connectivity index (χ4n) is 1.66. The van der Waals surface area contributed by atoms with Crippen LogP contribution in [0, 0.1) is 0 Å². The van der Waals surface area contributed by atoms with E-state index in [0.29, 0.717) is 18.0 Å². The van der Waals surface area contributed by atoms with Crippen LogP contribution in [0.15, 0.2) is 18.2 Å². The molecule has 0 saturated carbocycles. The summed E-state index contributed by atoms with van der Waals surface area (Å²) >= 11 is 0. The molecule has 102 valence electrons. The van der Waals surface area contributed by atoms with Crippen molar-refractivity contribution in [3.05, 3.63) is 23.8 Å². The minimum atomic E-state index is -0.391. The van der Waals surface area contributed by atoms with E-state index in [4.69, 9.17) is 9.47 Å². The molecule has 1 amide bonds. The van der Waals surface area contributed by atoms with Gasteiger partial charge in [-0.3, -0.25) is 9.59 Å². The quantitative estimate of drug-likeness (QED) is 0.803. The van der Waals surface area contributed by atoms with Crippen LogP contribution in [-0.2, 0) is 20.9 Å². The Morgan fingerprint density at radius 3 is 2.84 bits per heavy atom. The van der Waals surface area contributed by atoms with E-state index in [9.17, 15) is 9.59 Å². The van der Waals surface area contributed by atoms with Gasteiger partial charge in [0.25, 0.3) is 0 Å². The van der Waals surface area contributed by atoms with Gasteiger partial charge in [0, 0.05) is 13.0 Å². The lowest BCUT2D eigenvalue weighted by atomic mass is 10.2. The van der Waals surface area contributed by atoms with Gasteiger partial charge in [-0.2, -0.15) is 0 Å². The molecule has 1 aromatic carbocycles. The van der Waals surface area contributed by atoms with Gasteiger partial charge < -0.3 is 19.5 Å². The average molecular weight is 265 g/mol. The van der Waals surface area contributed by atoms with E-state index in [-0.39, 0.29) is 25.5 Å². The van der Waals surface area contributed by atoms with Crippen LogP contribution in [0.3, 0.4) is 0 Å². The number of nitrogens with one attached hydrogen (secondary N) is 1. The van der Waals surface area contributed by atoms with E-state index >= 15 is 0 Å². The lowest BCUT2D eigenvalue weighted by Gasteiger charge is -2.06. The van der Waals surface area contributed by atoms with Crippen molar-refractivity contribution in [2.45, 2.75) is 19.4 Å². The van der Waals surface area contributed by atoms with Crippen molar-refractivity contribution in [3.63, 3.8) is 0 Å².